The minimum Gasteiger partial charge on any atom is -0.461 e. The lowest BCUT2D eigenvalue weighted by molar-refractivity contribution is -0.135. The highest BCUT2D eigenvalue weighted by molar-refractivity contribution is 9.10. The third-order valence-electron chi connectivity index (χ3n) is 4.25. The van der Waals surface area contributed by atoms with Crippen LogP contribution in [0.1, 0.15) is 23.8 Å². The van der Waals surface area contributed by atoms with E-state index in [2.05, 4.69) is 31.9 Å². The van der Waals surface area contributed by atoms with Gasteiger partial charge in [-0.3, -0.25) is 25.4 Å². The summed E-state index contributed by atoms with van der Waals surface area (Å²) in [6.45, 7) is 1.91. The van der Waals surface area contributed by atoms with Crippen LogP contribution >= 0.6 is 15.9 Å². The number of halogens is 1. The molecule has 0 bridgehead atoms. The summed E-state index contributed by atoms with van der Waals surface area (Å²) in [6.07, 6.45) is 1.79. The van der Waals surface area contributed by atoms with Crippen molar-refractivity contribution in [3.8, 4) is 0 Å². The van der Waals surface area contributed by atoms with Gasteiger partial charge in [0.1, 0.15) is 17.4 Å². The standard InChI is InChI=1S/C19H20BrN5O4/c1-3-29-19(28)14-10-16(25(23-14)13-7-5-4-6-8-13)18(27)22-21-17(26)15-9-12(20)11-24(15)2/h4-9,11,16H,3,10H2,1-2H3,(H,21,26)(H,22,27). The third kappa shape index (κ3) is 4.65. The summed E-state index contributed by atoms with van der Waals surface area (Å²) in [5, 5.41) is 5.72. The first-order chi connectivity index (χ1) is 13.9. The molecule has 9 nitrogen and oxygen atoms in total. The normalized spacial score (nSPS) is 15.6. The van der Waals surface area contributed by atoms with E-state index in [0.717, 1.165) is 4.47 Å². The van der Waals surface area contributed by atoms with E-state index in [-0.39, 0.29) is 18.7 Å². The first-order valence-electron chi connectivity index (χ1n) is 8.91. The minimum atomic E-state index is -0.808. The van der Waals surface area contributed by atoms with Gasteiger partial charge in [0, 0.05) is 24.1 Å². The van der Waals surface area contributed by atoms with E-state index in [9.17, 15) is 14.4 Å². The van der Waals surface area contributed by atoms with Crippen LogP contribution in [0.4, 0.5) is 5.69 Å². The van der Waals surface area contributed by atoms with E-state index in [1.807, 2.05) is 6.07 Å². The average molecular weight is 462 g/mol. The fraction of sp³-hybridized carbons (Fsp3) is 0.263. The SMILES string of the molecule is CCOC(=O)C1=NN(c2ccccc2)C(C(=O)NNC(=O)c2cc(Br)cn2C)C1. The highest BCUT2D eigenvalue weighted by Gasteiger charge is 2.37. The average Bonchev–Trinajstić information content (AvgIpc) is 3.30. The van der Waals surface area contributed by atoms with Crippen LogP contribution in [0.15, 0.2) is 52.2 Å². The van der Waals surface area contributed by atoms with Gasteiger partial charge in [0.25, 0.3) is 11.8 Å². The van der Waals surface area contributed by atoms with Crippen molar-refractivity contribution in [2.24, 2.45) is 12.1 Å². The Bertz CT molecular complexity index is 957. The number of esters is 1. The highest BCUT2D eigenvalue weighted by atomic mass is 79.9. The van der Waals surface area contributed by atoms with E-state index in [0.29, 0.717) is 11.4 Å². The summed E-state index contributed by atoms with van der Waals surface area (Å²) in [6, 6.07) is 9.82. The Hall–Kier alpha value is -3.14. The van der Waals surface area contributed by atoms with Gasteiger partial charge >= 0.3 is 5.97 Å². The second kappa shape index (κ2) is 8.91. The predicted molar refractivity (Wildman–Crippen MR) is 110 cm³/mol. The number of anilines is 1. The number of rotatable bonds is 5. The topological polar surface area (TPSA) is 105 Å². The molecule has 1 aliphatic heterocycles. The van der Waals surface area contributed by atoms with Gasteiger partial charge in [0.05, 0.1) is 12.3 Å². The molecular formula is C19H20BrN5O4. The summed E-state index contributed by atoms with van der Waals surface area (Å²) < 4.78 is 7.37. The molecule has 0 fully saturated rings. The van der Waals surface area contributed by atoms with Crippen LogP contribution in [0, 0.1) is 0 Å². The molecule has 0 radical (unpaired) electrons. The number of benzene rings is 1. The van der Waals surface area contributed by atoms with Crippen molar-refractivity contribution in [2.45, 2.75) is 19.4 Å². The van der Waals surface area contributed by atoms with Crippen molar-refractivity contribution in [2.75, 3.05) is 11.6 Å². The number of aryl methyl sites for hydroxylation is 1. The number of amides is 2. The second-order valence-electron chi connectivity index (χ2n) is 6.27. The van der Waals surface area contributed by atoms with Crippen molar-refractivity contribution in [3.63, 3.8) is 0 Å². The Morgan fingerprint density at radius 1 is 1.24 bits per heavy atom. The Balaban J connectivity index is 1.73. The fourth-order valence-electron chi connectivity index (χ4n) is 2.89. The zero-order chi connectivity index (χ0) is 21.0. The Morgan fingerprint density at radius 3 is 2.59 bits per heavy atom. The lowest BCUT2D eigenvalue weighted by Crippen LogP contribution is -2.50. The maximum absolute atomic E-state index is 12.8. The van der Waals surface area contributed by atoms with Gasteiger partial charge in [0.2, 0.25) is 0 Å². The van der Waals surface area contributed by atoms with Crippen molar-refractivity contribution in [1.29, 1.82) is 0 Å². The molecule has 2 aromatic rings. The van der Waals surface area contributed by atoms with Crippen molar-refractivity contribution >= 4 is 45.1 Å². The number of hydrogen-bond donors (Lipinski definition) is 2. The van der Waals surface area contributed by atoms with E-state index < -0.39 is 23.8 Å². The van der Waals surface area contributed by atoms with Crippen molar-refractivity contribution < 1.29 is 19.1 Å². The number of carbonyl (C=O) groups is 3. The first-order valence-corrected chi connectivity index (χ1v) is 9.71. The van der Waals surface area contributed by atoms with Gasteiger partial charge in [-0.25, -0.2) is 4.79 Å². The highest BCUT2D eigenvalue weighted by Crippen LogP contribution is 2.25. The molecule has 0 saturated heterocycles. The summed E-state index contributed by atoms with van der Waals surface area (Å²) in [5.74, 6) is -1.54. The maximum Gasteiger partial charge on any atom is 0.354 e. The third-order valence-corrected chi connectivity index (χ3v) is 4.68. The predicted octanol–water partition coefficient (Wildman–Crippen LogP) is 1.75. The van der Waals surface area contributed by atoms with Gasteiger partial charge in [-0.2, -0.15) is 5.10 Å². The van der Waals surface area contributed by atoms with Gasteiger partial charge < -0.3 is 9.30 Å². The molecule has 1 atom stereocenters. The molecule has 29 heavy (non-hydrogen) atoms. The molecule has 2 amide bonds. The number of para-hydroxylation sites is 1. The van der Waals surface area contributed by atoms with E-state index >= 15 is 0 Å². The number of aromatic nitrogens is 1. The van der Waals surface area contributed by atoms with Crippen LogP contribution in [-0.2, 0) is 21.4 Å². The molecule has 2 N–H and O–H groups in total. The molecule has 1 aliphatic rings. The van der Waals surface area contributed by atoms with Crippen LogP contribution in [0.25, 0.3) is 0 Å². The summed E-state index contributed by atoms with van der Waals surface area (Å²) in [5.41, 5.74) is 5.97. The lowest BCUT2D eigenvalue weighted by atomic mass is 10.1. The Labute approximate surface area is 175 Å². The van der Waals surface area contributed by atoms with Crippen LogP contribution in [-0.4, -0.2) is 40.7 Å². The lowest BCUT2D eigenvalue weighted by Gasteiger charge is -2.22. The molecule has 152 valence electrons. The molecule has 3 rings (SSSR count). The van der Waals surface area contributed by atoms with Crippen molar-refractivity contribution in [3.05, 3.63) is 52.8 Å². The van der Waals surface area contributed by atoms with E-state index in [1.165, 1.54) is 5.01 Å². The Morgan fingerprint density at radius 2 is 1.97 bits per heavy atom. The molecule has 0 spiro atoms. The van der Waals surface area contributed by atoms with E-state index in [1.54, 1.807) is 55.1 Å². The van der Waals surface area contributed by atoms with Gasteiger partial charge in [-0.05, 0) is 41.1 Å². The molecule has 10 heteroatoms. The van der Waals surface area contributed by atoms with Gasteiger partial charge in [0.15, 0.2) is 0 Å². The van der Waals surface area contributed by atoms with E-state index in [4.69, 9.17) is 4.74 Å². The molecule has 2 heterocycles. The first kappa shape index (κ1) is 20.6. The van der Waals surface area contributed by atoms with Gasteiger partial charge in [-0.15, -0.1) is 0 Å². The maximum atomic E-state index is 12.8. The van der Waals surface area contributed by atoms with Gasteiger partial charge in [-0.1, -0.05) is 18.2 Å². The molecule has 1 aromatic carbocycles. The molecular weight excluding hydrogens is 442 g/mol. The molecule has 1 aromatic heterocycles. The largest absolute Gasteiger partial charge is 0.461 e. The number of hydrazine groups is 1. The van der Waals surface area contributed by atoms with Crippen molar-refractivity contribution in [1.82, 2.24) is 15.4 Å². The Kier molecular flexibility index (Phi) is 6.32. The summed E-state index contributed by atoms with van der Waals surface area (Å²) in [4.78, 5) is 37.2. The number of carbonyl (C=O) groups excluding carboxylic acids is 3. The smallest absolute Gasteiger partial charge is 0.354 e. The number of nitrogens with zero attached hydrogens (tertiary/aromatic N) is 3. The monoisotopic (exact) mass is 461 g/mol. The van der Waals surface area contributed by atoms with Crippen LogP contribution < -0.4 is 15.9 Å². The minimum absolute atomic E-state index is 0.0606. The number of nitrogens with one attached hydrogen (secondary N) is 2. The second-order valence-corrected chi connectivity index (χ2v) is 7.18. The zero-order valence-corrected chi connectivity index (χ0v) is 17.5. The molecule has 0 saturated carbocycles. The summed E-state index contributed by atoms with van der Waals surface area (Å²) >= 11 is 3.30. The van der Waals surface area contributed by atoms with Crippen LogP contribution in [0.2, 0.25) is 0 Å². The number of ether oxygens (including phenoxy) is 1. The quantitative estimate of drug-likeness (QED) is 0.521. The number of hydrogen-bond acceptors (Lipinski definition) is 6. The molecule has 1 unspecified atom stereocenters. The van der Waals surface area contributed by atoms with Crippen LogP contribution in [0.5, 0.6) is 0 Å². The zero-order valence-electron chi connectivity index (χ0n) is 15.9. The fourth-order valence-corrected chi connectivity index (χ4v) is 3.41. The number of hydrazone groups is 1. The van der Waals surface area contributed by atoms with Crippen LogP contribution in [0.3, 0.4) is 0 Å². The summed E-state index contributed by atoms with van der Waals surface area (Å²) in [7, 11) is 1.72. The molecule has 0 aliphatic carbocycles.